The highest BCUT2D eigenvalue weighted by Crippen LogP contribution is 2.47. The fraction of sp³-hybridized carbons (Fsp3) is 0.647. The number of pyridine rings is 1. The number of hydrogen-bond acceptors (Lipinski definition) is 4. The van der Waals surface area contributed by atoms with E-state index in [0.29, 0.717) is 24.5 Å². The van der Waals surface area contributed by atoms with Crippen LogP contribution in [0.5, 0.6) is 0 Å². The van der Waals surface area contributed by atoms with E-state index in [9.17, 15) is 4.79 Å². The zero-order valence-corrected chi connectivity index (χ0v) is 13.6. The van der Waals surface area contributed by atoms with E-state index < -0.39 is 0 Å². The lowest BCUT2D eigenvalue weighted by Crippen LogP contribution is -2.62. The Morgan fingerprint density at radius 1 is 1.36 bits per heavy atom. The minimum Gasteiger partial charge on any atom is -0.373 e. The Morgan fingerprint density at radius 3 is 2.82 bits per heavy atom. The van der Waals surface area contributed by atoms with E-state index in [1.54, 1.807) is 12.4 Å². The Bertz CT molecular complexity index is 541. The van der Waals surface area contributed by atoms with Gasteiger partial charge in [-0.1, -0.05) is 6.42 Å². The minimum absolute atomic E-state index is 0.280. The van der Waals surface area contributed by atoms with Gasteiger partial charge in [-0.3, -0.25) is 9.78 Å². The van der Waals surface area contributed by atoms with Gasteiger partial charge in [0, 0.05) is 37.2 Å². The second-order valence-corrected chi connectivity index (χ2v) is 8.30. The summed E-state index contributed by atoms with van der Waals surface area (Å²) in [7, 11) is 0. The Balaban J connectivity index is 1.24. The Kier molecular flexibility index (Phi) is 3.86. The van der Waals surface area contributed by atoms with Crippen LogP contribution in [0, 0.1) is 5.92 Å². The molecule has 1 aliphatic carbocycles. The quantitative estimate of drug-likeness (QED) is 0.855. The number of rotatable bonds is 4. The summed E-state index contributed by atoms with van der Waals surface area (Å²) in [5.74, 6) is 1.79. The van der Waals surface area contributed by atoms with E-state index >= 15 is 0 Å². The molecule has 22 heavy (non-hydrogen) atoms. The van der Waals surface area contributed by atoms with Crippen LogP contribution in [-0.4, -0.2) is 45.5 Å². The second-order valence-electron chi connectivity index (χ2n) is 6.81. The van der Waals surface area contributed by atoms with Gasteiger partial charge in [0.25, 0.3) is 0 Å². The first-order valence-corrected chi connectivity index (χ1v) is 9.16. The van der Waals surface area contributed by atoms with Crippen LogP contribution in [0.4, 0.5) is 0 Å². The maximum Gasteiger partial charge on any atom is 0.225 e. The lowest BCUT2D eigenvalue weighted by atomic mass is 9.82. The third kappa shape index (κ3) is 2.76. The first kappa shape index (κ1) is 14.5. The molecule has 1 saturated carbocycles. The second kappa shape index (κ2) is 5.85. The highest BCUT2D eigenvalue weighted by molar-refractivity contribution is 8.01. The van der Waals surface area contributed by atoms with E-state index in [0.717, 1.165) is 38.1 Å². The Hall–Kier alpha value is -1.07. The van der Waals surface area contributed by atoms with Crippen LogP contribution < -0.4 is 0 Å². The molecule has 118 valence electrons. The van der Waals surface area contributed by atoms with Gasteiger partial charge in [-0.05, 0) is 37.0 Å². The molecule has 1 aromatic heterocycles. The first-order chi connectivity index (χ1) is 10.7. The third-order valence-electron chi connectivity index (χ3n) is 5.13. The Labute approximate surface area is 135 Å². The van der Waals surface area contributed by atoms with E-state index in [1.165, 1.54) is 12.0 Å². The summed E-state index contributed by atoms with van der Waals surface area (Å²) in [4.78, 5) is 18.3. The summed E-state index contributed by atoms with van der Waals surface area (Å²) >= 11 is 2.00. The number of carbonyl (C=O) groups is 1. The third-order valence-corrected chi connectivity index (χ3v) is 6.71. The summed E-state index contributed by atoms with van der Waals surface area (Å²) in [5.41, 5.74) is 1.18. The lowest BCUT2D eigenvalue weighted by molar-refractivity contribution is -0.144. The van der Waals surface area contributed by atoms with Crippen molar-refractivity contribution in [3.8, 4) is 0 Å². The molecular weight excluding hydrogens is 296 g/mol. The van der Waals surface area contributed by atoms with Gasteiger partial charge in [0.15, 0.2) is 0 Å². The molecule has 4 nitrogen and oxygen atoms in total. The van der Waals surface area contributed by atoms with Crippen molar-refractivity contribution in [3.05, 3.63) is 30.1 Å². The number of carbonyl (C=O) groups excluding carboxylic acids is 1. The fourth-order valence-corrected chi connectivity index (χ4v) is 5.09. The Morgan fingerprint density at radius 2 is 2.14 bits per heavy atom. The predicted octanol–water partition coefficient (Wildman–Crippen LogP) is 2.48. The zero-order valence-electron chi connectivity index (χ0n) is 12.7. The van der Waals surface area contributed by atoms with Crippen LogP contribution in [0.15, 0.2) is 24.5 Å². The van der Waals surface area contributed by atoms with Crippen LogP contribution in [0.2, 0.25) is 0 Å². The van der Waals surface area contributed by atoms with Gasteiger partial charge in [-0.2, -0.15) is 0 Å². The van der Waals surface area contributed by atoms with Crippen molar-refractivity contribution in [2.45, 2.75) is 43.1 Å². The average Bonchev–Trinajstić information content (AvgIpc) is 2.87. The van der Waals surface area contributed by atoms with Gasteiger partial charge in [-0.25, -0.2) is 0 Å². The van der Waals surface area contributed by atoms with Gasteiger partial charge in [0.05, 0.1) is 17.5 Å². The maximum absolute atomic E-state index is 12.2. The van der Waals surface area contributed by atoms with Crippen LogP contribution in [0.25, 0.3) is 0 Å². The van der Waals surface area contributed by atoms with Gasteiger partial charge < -0.3 is 9.64 Å². The van der Waals surface area contributed by atoms with Crippen molar-refractivity contribution < 1.29 is 9.53 Å². The number of thioether (sulfide) groups is 1. The number of nitrogens with zero attached hydrogens (tertiary/aromatic N) is 2. The van der Waals surface area contributed by atoms with Crippen LogP contribution in [0.1, 0.15) is 31.2 Å². The summed E-state index contributed by atoms with van der Waals surface area (Å²) in [6.07, 6.45) is 8.45. The lowest BCUT2D eigenvalue weighted by Gasteiger charge is -2.49. The SMILES string of the molecule is O=C(C1CCC1)N1CC2(C[C@@H](OCc3ccncc3)CS2)C1. The molecule has 0 N–H and O–H groups in total. The molecular formula is C17H22N2O2S. The molecule has 0 aromatic carbocycles. The van der Waals surface area contributed by atoms with Crippen LogP contribution in [0.3, 0.4) is 0 Å². The minimum atomic E-state index is 0.280. The largest absolute Gasteiger partial charge is 0.373 e. The van der Waals surface area contributed by atoms with Crippen molar-refractivity contribution in [2.75, 3.05) is 18.8 Å². The predicted molar refractivity (Wildman–Crippen MR) is 86.5 cm³/mol. The van der Waals surface area contributed by atoms with Crippen molar-refractivity contribution in [2.24, 2.45) is 5.92 Å². The molecule has 3 fully saturated rings. The summed E-state index contributed by atoms with van der Waals surface area (Å²) in [6.45, 7) is 2.53. The molecule has 2 saturated heterocycles. The van der Waals surface area contributed by atoms with Crippen molar-refractivity contribution >= 4 is 17.7 Å². The summed E-state index contributed by atoms with van der Waals surface area (Å²) in [6, 6.07) is 4.00. The van der Waals surface area contributed by atoms with Gasteiger partial charge >= 0.3 is 0 Å². The molecule has 5 heteroatoms. The van der Waals surface area contributed by atoms with Crippen molar-refractivity contribution in [1.29, 1.82) is 0 Å². The fourth-order valence-electron chi connectivity index (χ4n) is 3.54. The van der Waals surface area contributed by atoms with Gasteiger partial charge in [-0.15, -0.1) is 11.8 Å². The van der Waals surface area contributed by atoms with Gasteiger partial charge in [0.2, 0.25) is 5.91 Å². The van der Waals surface area contributed by atoms with E-state index in [-0.39, 0.29) is 4.75 Å². The molecule has 1 atom stereocenters. The van der Waals surface area contributed by atoms with E-state index in [2.05, 4.69) is 9.88 Å². The molecule has 1 spiro atoms. The zero-order chi connectivity index (χ0) is 15.0. The van der Waals surface area contributed by atoms with Crippen molar-refractivity contribution in [3.63, 3.8) is 0 Å². The molecule has 4 rings (SSSR count). The molecule has 3 heterocycles. The molecule has 0 unspecified atom stereocenters. The molecule has 1 aromatic rings. The monoisotopic (exact) mass is 318 g/mol. The smallest absolute Gasteiger partial charge is 0.225 e. The molecule has 1 amide bonds. The van der Waals surface area contributed by atoms with Crippen LogP contribution in [-0.2, 0) is 16.1 Å². The molecule has 3 aliphatic rings. The average molecular weight is 318 g/mol. The highest BCUT2D eigenvalue weighted by Gasteiger charge is 2.51. The summed E-state index contributed by atoms with van der Waals surface area (Å²) in [5, 5.41) is 0. The molecule has 0 radical (unpaired) electrons. The number of aromatic nitrogens is 1. The standard InChI is InChI=1S/C17H22N2O2S/c20-16(14-2-1-3-14)19-11-17(12-19)8-15(10-22-17)21-9-13-4-6-18-7-5-13/h4-7,14-15H,1-3,8-12H2/t15-/m1/s1. The number of ether oxygens (including phenoxy) is 1. The number of hydrogen-bond donors (Lipinski definition) is 0. The van der Waals surface area contributed by atoms with E-state index in [4.69, 9.17) is 4.74 Å². The normalized spacial score (nSPS) is 26.7. The van der Waals surface area contributed by atoms with E-state index in [1.807, 2.05) is 23.9 Å². The maximum atomic E-state index is 12.2. The first-order valence-electron chi connectivity index (χ1n) is 8.17. The summed E-state index contributed by atoms with van der Waals surface area (Å²) < 4.78 is 6.32. The van der Waals surface area contributed by atoms with Gasteiger partial charge in [0.1, 0.15) is 0 Å². The number of amides is 1. The highest BCUT2D eigenvalue weighted by atomic mass is 32.2. The van der Waals surface area contributed by atoms with Crippen molar-refractivity contribution in [1.82, 2.24) is 9.88 Å². The molecule has 2 aliphatic heterocycles. The number of likely N-dealkylation sites (tertiary alicyclic amines) is 1. The molecule has 0 bridgehead atoms. The topological polar surface area (TPSA) is 42.4 Å². The van der Waals surface area contributed by atoms with Crippen LogP contribution >= 0.6 is 11.8 Å².